The van der Waals surface area contributed by atoms with Crippen molar-refractivity contribution in [3.05, 3.63) is 59.4 Å². The number of halogens is 1. The molecule has 0 radical (unpaired) electrons. The number of hydrogen-bond acceptors (Lipinski definition) is 3. The van der Waals surface area contributed by atoms with Crippen molar-refractivity contribution in [3.63, 3.8) is 0 Å². The lowest BCUT2D eigenvalue weighted by Gasteiger charge is -1.96. The fourth-order valence-electron chi connectivity index (χ4n) is 2.73. The van der Waals surface area contributed by atoms with E-state index in [0.717, 1.165) is 23.8 Å². The number of fused-ring (bicyclic) bond motifs is 2. The SMILES string of the molecule is C.OB1CCc2ccccc21.OB1OCc2cc(F)ccc21. The summed E-state index contributed by atoms with van der Waals surface area (Å²) in [7, 11) is -0.870. The third-order valence-electron chi connectivity index (χ3n) is 3.87. The molecule has 0 saturated carbocycles. The topological polar surface area (TPSA) is 49.7 Å². The minimum absolute atomic E-state index is 0. The fraction of sp³-hybridized carbons (Fsp3) is 0.250. The zero-order valence-electron chi connectivity index (χ0n) is 11.5. The number of hydrogen-bond donors (Lipinski definition) is 2. The molecule has 0 fully saturated rings. The van der Waals surface area contributed by atoms with Gasteiger partial charge in [0.1, 0.15) is 5.82 Å². The Labute approximate surface area is 131 Å². The molecular formula is C16H19B2FO3. The summed E-state index contributed by atoms with van der Waals surface area (Å²) in [5.74, 6) is -0.290. The predicted molar refractivity (Wildman–Crippen MR) is 88.1 cm³/mol. The second kappa shape index (κ2) is 7.09. The second-order valence-electron chi connectivity index (χ2n) is 5.26. The van der Waals surface area contributed by atoms with Gasteiger partial charge in [0.05, 0.1) is 6.61 Å². The predicted octanol–water partition coefficient (Wildman–Crippen LogP) is 1.11. The maximum absolute atomic E-state index is 12.6. The van der Waals surface area contributed by atoms with Crippen LogP contribution in [0.3, 0.4) is 0 Å². The number of aryl methyl sites for hydroxylation is 1. The Morgan fingerprint density at radius 3 is 2.55 bits per heavy atom. The van der Waals surface area contributed by atoms with E-state index in [1.165, 1.54) is 17.7 Å². The highest BCUT2D eigenvalue weighted by atomic mass is 19.1. The van der Waals surface area contributed by atoms with Gasteiger partial charge in [-0.1, -0.05) is 43.3 Å². The Balaban J connectivity index is 0.000000154. The van der Waals surface area contributed by atoms with Gasteiger partial charge in [-0.2, -0.15) is 0 Å². The van der Waals surface area contributed by atoms with Crippen molar-refractivity contribution < 1.29 is 19.1 Å². The first-order chi connectivity index (χ1) is 10.1. The summed E-state index contributed by atoms with van der Waals surface area (Å²) < 4.78 is 17.4. The van der Waals surface area contributed by atoms with Crippen molar-refractivity contribution in [2.45, 2.75) is 26.8 Å². The molecule has 2 aromatic carbocycles. The first kappa shape index (κ1) is 16.7. The average Bonchev–Trinajstić information content (AvgIpc) is 3.04. The summed E-state index contributed by atoms with van der Waals surface area (Å²) in [6, 6.07) is 12.3. The van der Waals surface area contributed by atoms with Crippen molar-refractivity contribution in [3.8, 4) is 0 Å². The lowest BCUT2D eigenvalue weighted by atomic mass is 9.63. The molecule has 2 heterocycles. The molecule has 22 heavy (non-hydrogen) atoms. The minimum atomic E-state index is -0.870. The van der Waals surface area contributed by atoms with Crippen LogP contribution in [0.25, 0.3) is 0 Å². The highest BCUT2D eigenvalue weighted by Gasteiger charge is 2.26. The van der Waals surface area contributed by atoms with Crippen LogP contribution in [0.15, 0.2) is 42.5 Å². The first-order valence-electron chi connectivity index (χ1n) is 6.99. The average molecular weight is 300 g/mol. The van der Waals surface area contributed by atoms with Crippen LogP contribution in [0.4, 0.5) is 4.39 Å². The summed E-state index contributed by atoms with van der Waals surface area (Å²) in [6.45, 7) is 0.102. The summed E-state index contributed by atoms with van der Waals surface area (Å²) in [6.07, 6.45) is 1.94. The number of benzene rings is 2. The minimum Gasteiger partial charge on any atom is -0.446 e. The van der Waals surface area contributed by atoms with Crippen LogP contribution in [0, 0.1) is 5.82 Å². The maximum atomic E-state index is 12.6. The van der Waals surface area contributed by atoms with Gasteiger partial charge in [-0.3, -0.25) is 0 Å². The largest absolute Gasteiger partial charge is 0.491 e. The summed E-state index contributed by atoms with van der Waals surface area (Å²) in [5, 5.41) is 18.5. The molecule has 2 aliphatic heterocycles. The van der Waals surface area contributed by atoms with E-state index in [9.17, 15) is 9.41 Å². The van der Waals surface area contributed by atoms with Crippen molar-refractivity contribution >= 4 is 25.0 Å². The van der Waals surface area contributed by atoms with E-state index >= 15 is 0 Å². The molecule has 2 N–H and O–H groups in total. The lowest BCUT2D eigenvalue weighted by molar-refractivity contribution is 0.275. The molecule has 0 spiro atoms. The van der Waals surface area contributed by atoms with Crippen LogP contribution in [0.5, 0.6) is 0 Å². The molecular weight excluding hydrogens is 281 g/mol. The van der Waals surface area contributed by atoms with Gasteiger partial charge in [0.2, 0.25) is 0 Å². The van der Waals surface area contributed by atoms with E-state index in [1.807, 2.05) is 18.2 Å². The van der Waals surface area contributed by atoms with Crippen molar-refractivity contribution in [1.29, 1.82) is 0 Å². The molecule has 0 bridgehead atoms. The molecule has 0 atom stereocenters. The van der Waals surface area contributed by atoms with E-state index in [1.54, 1.807) is 6.07 Å². The van der Waals surface area contributed by atoms with E-state index in [4.69, 9.17) is 9.68 Å². The lowest BCUT2D eigenvalue weighted by Crippen LogP contribution is -2.27. The van der Waals surface area contributed by atoms with E-state index in [-0.39, 0.29) is 20.2 Å². The van der Waals surface area contributed by atoms with Gasteiger partial charge in [-0.05, 0) is 41.4 Å². The summed E-state index contributed by atoms with van der Waals surface area (Å²) in [4.78, 5) is 0. The summed E-state index contributed by atoms with van der Waals surface area (Å²) in [5.41, 5.74) is 3.85. The Morgan fingerprint density at radius 2 is 1.77 bits per heavy atom. The van der Waals surface area contributed by atoms with Crippen LogP contribution >= 0.6 is 0 Å². The zero-order valence-corrected chi connectivity index (χ0v) is 11.5. The zero-order chi connectivity index (χ0) is 14.8. The van der Waals surface area contributed by atoms with Crippen LogP contribution < -0.4 is 10.9 Å². The molecule has 0 aromatic heterocycles. The van der Waals surface area contributed by atoms with Crippen LogP contribution in [-0.2, 0) is 17.7 Å². The molecule has 0 saturated heterocycles. The van der Waals surface area contributed by atoms with E-state index in [0.29, 0.717) is 12.1 Å². The van der Waals surface area contributed by atoms with Crippen molar-refractivity contribution in [2.24, 2.45) is 0 Å². The van der Waals surface area contributed by atoms with Gasteiger partial charge in [0.15, 0.2) is 0 Å². The van der Waals surface area contributed by atoms with Gasteiger partial charge in [0.25, 0.3) is 0 Å². The summed E-state index contributed by atoms with van der Waals surface area (Å²) >= 11 is 0. The quantitative estimate of drug-likeness (QED) is 0.717. The monoisotopic (exact) mass is 300 g/mol. The van der Waals surface area contributed by atoms with Crippen molar-refractivity contribution in [1.82, 2.24) is 0 Å². The normalized spacial score (nSPS) is 14.7. The third-order valence-corrected chi connectivity index (χ3v) is 3.87. The standard InChI is InChI=1S/C8H9BO.C7H6BFO2.CH4/c10-9-6-5-7-3-1-2-4-8(7)9;9-6-1-2-7-5(3-6)4-11-8(7)10;/h1-4,10H,5-6H2;1-3,10H,4H2;1H4. The molecule has 3 nitrogen and oxygen atoms in total. The van der Waals surface area contributed by atoms with Gasteiger partial charge in [0, 0.05) is 0 Å². The molecule has 2 aromatic rings. The fourth-order valence-corrected chi connectivity index (χ4v) is 2.73. The Morgan fingerprint density at radius 1 is 1.00 bits per heavy atom. The highest BCUT2D eigenvalue weighted by molar-refractivity contribution is 6.67. The molecule has 2 aliphatic rings. The Hall–Kier alpha value is -1.62. The maximum Gasteiger partial charge on any atom is 0.491 e. The molecule has 0 unspecified atom stereocenters. The number of rotatable bonds is 0. The van der Waals surface area contributed by atoms with E-state index in [2.05, 4.69) is 6.07 Å². The van der Waals surface area contributed by atoms with E-state index < -0.39 is 7.12 Å². The van der Waals surface area contributed by atoms with Gasteiger partial charge in [-0.25, -0.2) is 4.39 Å². The van der Waals surface area contributed by atoms with Gasteiger partial charge in [-0.15, -0.1) is 0 Å². The van der Waals surface area contributed by atoms with Crippen LogP contribution in [-0.4, -0.2) is 24.1 Å². The third kappa shape index (κ3) is 3.40. The second-order valence-corrected chi connectivity index (χ2v) is 5.26. The van der Waals surface area contributed by atoms with Crippen LogP contribution in [0.2, 0.25) is 6.32 Å². The van der Waals surface area contributed by atoms with Gasteiger partial charge >= 0.3 is 14.0 Å². The molecule has 0 aliphatic carbocycles. The van der Waals surface area contributed by atoms with Gasteiger partial charge < -0.3 is 14.7 Å². The molecule has 114 valence electrons. The molecule has 6 heteroatoms. The highest BCUT2D eigenvalue weighted by Crippen LogP contribution is 2.11. The van der Waals surface area contributed by atoms with Crippen LogP contribution in [0.1, 0.15) is 18.6 Å². The molecule has 4 rings (SSSR count). The smallest absolute Gasteiger partial charge is 0.446 e. The van der Waals surface area contributed by atoms with Crippen molar-refractivity contribution in [2.75, 3.05) is 0 Å². The Bertz CT molecular complexity index is 651. The Kier molecular flexibility index (Phi) is 5.40. The first-order valence-corrected chi connectivity index (χ1v) is 6.99. The molecule has 0 amide bonds.